The fourth-order valence-corrected chi connectivity index (χ4v) is 6.27. The molecule has 0 aliphatic rings. The molecule has 8 rings (SSSR count). The van der Waals surface area contributed by atoms with Gasteiger partial charge in [0.05, 0.1) is 15.6 Å². The van der Waals surface area contributed by atoms with Crippen LogP contribution >= 0.6 is 46.4 Å². The van der Waals surface area contributed by atoms with Gasteiger partial charge in [-0.05, 0) is 94.4 Å². The summed E-state index contributed by atoms with van der Waals surface area (Å²) in [6, 6.07) is 18.4. The van der Waals surface area contributed by atoms with Crippen molar-refractivity contribution in [2.45, 2.75) is 25.9 Å². The molecule has 4 aromatic carbocycles. The Bertz CT molecular complexity index is 2620. The highest BCUT2D eigenvalue weighted by Gasteiger charge is 2.33. The summed E-state index contributed by atoms with van der Waals surface area (Å²) in [4.78, 5) is 0. The number of furan rings is 2. The summed E-state index contributed by atoms with van der Waals surface area (Å²) in [6.07, 6.45) is -4.50. The molecule has 22 heteroatoms. The molecule has 0 amide bonds. The van der Waals surface area contributed by atoms with Gasteiger partial charge in [-0.25, -0.2) is 0 Å². The van der Waals surface area contributed by atoms with E-state index in [4.69, 9.17) is 55.2 Å². The Labute approximate surface area is 330 Å². The lowest BCUT2D eigenvalue weighted by atomic mass is 10.1. The predicted molar refractivity (Wildman–Crippen MR) is 198 cm³/mol. The van der Waals surface area contributed by atoms with E-state index in [-0.39, 0.29) is 22.3 Å². The van der Waals surface area contributed by atoms with Gasteiger partial charge in [-0.2, -0.15) is 32.4 Å². The zero-order valence-corrected chi connectivity index (χ0v) is 30.8. The van der Waals surface area contributed by atoms with Crippen molar-refractivity contribution in [3.63, 3.8) is 0 Å². The Balaban J connectivity index is 0.000000172. The van der Waals surface area contributed by atoms with Gasteiger partial charge in [-0.3, -0.25) is 0 Å². The number of fused-ring (bicyclic) bond motifs is 2. The first-order valence-electron chi connectivity index (χ1n) is 15.8. The molecule has 0 saturated carbocycles. The van der Waals surface area contributed by atoms with Crippen LogP contribution in [0.5, 0.6) is 5.75 Å². The van der Waals surface area contributed by atoms with Gasteiger partial charge in [-0.1, -0.05) is 46.4 Å². The number of halogens is 9. The first-order chi connectivity index (χ1) is 26.8. The Kier molecular flexibility index (Phi) is 11.2. The van der Waals surface area contributed by atoms with Gasteiger partial charge in [0.15, 0.2) is 11.5 Å². The molecule has 8 aromatic rings. The summed E-state index contributed by atoms with van der Waals surface area (Å²) in [7, 11) is 0. The summed E-state index contributed by atoms with van der Waals surface area (Å²) >= 11 is 24.4. The minimum Gasteiger partial charge on any atom is -0.453 e. The normalized spacial score (nSPS) is 11.6. The fourth-order valence-electron chi connectivity index (χ4n) is 5.28. The van der Waals surface area contributed by atoms with Crippen molar-refractivity contribution in [2.24, 2.45) is 0 Å². The van der Waals surface area contributed by atoms with Gasteiger partial charge in [-0.15, -0.1) is 20.4 Å². The van der Waals surface area contributed by atoms with Crippen LogP contribution in [0, 0.1) is 0 Å². The number of tetrazole rings is 2. The summed E-state index contributed by atoms with van der Waals surface area (Å²) in [5, 5.41) is 35.5. The van der Waals surface area contributed by atoms with E-state index >= 15 is 0 Å². The van der Waals surface area contributed by atoms with E-state index in [0.717, 1.165) is 22.4 Å². The van der Waals surface area contributed by atoms with Crippen molar-refractivity contribution in [3.8, 4) is 28.9 Å². The Morgan fingerprint density at radius 2 is 1.14 bits per heavy atom. The van der Waals surface area contributed by atoms with E-state index < -0.39 is 18.4 Å². The van der Waals surface area contributed by atoms with Crippen LogP contribution in [0.3, 0.4) is 0 Å². The molecule has 56 heavy (non-hydrogen) atoms. The number of hydrogen-bond donors (Lipinski definition) is 4. The Hall–Kier alpha value is -5.69. The summed E-state index contributed by atoms with van der Waals surface area (Å²) in [5.74, 6) is 1.45. The molecular weight excluding hydrogens is 833 g/mol. The van der Waals surface area contributed by atoms with Gasteiger partial charge in [0, 0.05) is 45.3 Å². The van der Waals surface area contributed by atoms with Gasteiger partial charge in [0.1, 0.15) is 16.9 Å². The molecule has 0 aliphatic heterocycles. The SMILES string of the molecule is FC(F)(F)c1ccc(NCc2cc3oc(-c4nn[nH]n4)cc3cc2Cl)cc1Cl.FC(F)Oc1ccc(NCc2cc3oc(-c4nn[nH]n4)cc3cc2Cl)cc1Cl. The largest absolute Gasteiger partial charge is 0.453 e. The van der Waals surface area contributed by atoms with Gasteiger partial charge in [0.2, 0.25) is 11.6 Å². The standard InChI is InChI=1S/C17H10Cl2F3N5O.C17H11Cl2F2N5O2/c18-12-3-8-4-15(16-24-26-27-25-16)28-14(8)5-9(12)7-23-10-1-2-11(13(19)6-10)17(20,21)22;18-11-3-8-4-15(16-23-25-26-24-16)27-14(8)5-9(11)7-22-10-1-2-13(12(19)6-10)28-17(20)21/h1-6,23H,7H2,(H,24,25,26,27);1-6,17,22H,7H2,(H,23,24,25,26). The molecule has 0 fully saturated rings. The van der Waals surface area contributed by atoms with E-state index in [1.807, 2.05) is 0 Å². The minimum absolute atomic E-state index is 0.0719. The van der Waals surface area contributed by atoms with Crippen LogP contribution in [0.15, 0.2) is 81.6 Å². The second-order valence-electron chi connectivity index (χ2n) is 11.6. The third-order valence-corrected chi connectivity index (χ3v) is 9.20. The monoisotopic (exact) mass is 852 g/mol. The molecule has 4 aromatic heterocycles. The third kappa shape index (κ3) is 8.89. The van der Waals surface area contributed by atoms with Gasteiger partial charge in [0.25, 0.3) is 0 Å². The highest BCUT2D eigenvalue weighted by molar-refractivity contribution is 6.33. The fraction of sp³-hybridized carbons (Fsp3) is 0.118. The number of nitrogens with zero attached hydrogens (tertiary/aromatic N) is 6. The number of benzene rings is 4. The van der Waals surface area contributed by atoms with Crippen molar-refractivity contribution < 1.29 is 35.5 Å². The zero-order chi connectivity index (χ0) is 39.6. The highest BCUT2D eigenvalue weighted by atomic mass is 35.5. The van der Waals surface area contributed by atoms with E-state index in [0.29, 0.717) is 67.9 Å². The number of alkyl halides is 5. The van der Waals surface area contributed by atoms with Crippen LogP contribution in [-0.2, 0) is 19.3 Å². The molecule has 4 heterocycles. The van der Waals surface area contributed by atoms with Crippen LogP contribution in [0.25, 0.3) is 45.1 Å². The van der Waals surface area contributed by atoms with Crippen molar-refractivity contribution in [2.75, 3.05) is 10.6 Å². The molecule has 0 saturated heterocycles. The number of ether oxygens (including phenoxy) is 1. The molecular formula is C34H21Cl4F5N10O3. The maximum atomic E-state index is 12.8. The van der Waals surface area contributed by atoms with E-state index in [2.05, 4.69) is 56.6 Å². The van der Waals surface area contributed by atoms with E-state index in [1.54, 1.807) is 42.5 Å². The van der Waals surface area contributed by atoms with Crippen LogP contribution in [0.2, 0.25) is 20.1 Å². The number of rotatable bonds is 10. The molecule has 0 bridgehead atoms. The molecule has 13 nitrogen and oxygen atoms in total. The summed E-state index contributed by atoms with van der Waals surface area (Å²) < 4.78 is 78.8. The second kappa shape index (κ2) is 16.2. The predicted octanol–water partition coefficient (Wildman–Crippen LogP) is 10.7. The Morgan fingerprint density at radius 3 is 1.57 bits per heavy atom. The molecule has 0 unspecified atom stereocenters. The molecule has 0 radical (unpaired) electrons. The van der Waals surface area contributed by atoms with Crippen LogP contribution < -0.4 is 15.4 Å². The lowest BCUT2D eigenvalue weighted by molar-refractivity contribution is -0.137. The number of hydrogen-bond acceptors (Lipinski definition) is 11. The maximum absolute atomic E-state index is 12.8. The number of aromatic amines is 2. The summed E-state index contributed by atoms with van der Waals surface area (Å²) in [6.45, 7) is -2.32. The maximum Gasteiger partial charge on any atom is 0.417 e. The second-order valence-corrected chi connectivity index (χ2v) is 13.2. The van der Waals surface area contributed by atoms with Crippen molar-refractivity contribution in [3.05, 3.63) is 110 Å². The molecule has 288 valence electrons. The van der Waals surface area contributed by atoms with Crippen molar-refractivity contribution in [1.29, 1.82) is 0 Å². The topological polar surface area (TPSA) is 168 Å². The van der Waals surface area contributed by atoms with Crippen LogP contribution in [-0.4, -0.2) is 47.9 Å². The average molecular weight is 854 g/mol. The molecule has 0 spiro atoms. The van der Waals surface area contributed by atoms with Gasteiger partial charge >= 0.3 is 12.8 Å². The van der Waals surface area contributed by atoms with Gasteiger partial charge < -0.3 is 24.2 Å². The van der Waals surface area contributed by atoms with Crippen LogP contribution in [0.4, 0.5) is 33.3 Å². The lowest BCUT2D eigenvalue weighted by Crippen LogP contribution is -2.06. The first kappa shape index (κ1) is 38.6. The smallest absolute Gasteiger partial charge is 0.417 e. The number of nitrogens with one attached hydrogen (secondary N) is 4. The molecule has 0 atom stereocenters. The number of anilines is 2. The molecule has 0 aliphatic carbocycles. The lowest BCUT2D eigenvalue weighted by Gasteiger charge is -2.12. The van der Waals surface area contributed by atoms with E-state index in [9.17, 15) is 22.0 Å². The number of H-pyrrole nitrogens is 2. The van der Waals surface area contributed by atoms with Crippen LogP contribution in [0.1, 0.15) is 16.7 Å². The first-order valence-corrected chi connectivity index (χ1v) is 17.3. The van der Waals surface area contributed by atoms with E-state index in [1.165, 1.54) is 24.3 Å². The quantitative estimate of drug-likeness (QED) is 0.0966. The Morgan fingerprint density at radius 1 is 0.643 bits per heavy atom. The summed E-state index contributed by atoms with van der Waals surface area (Å²) in [5.41, 5.74) is 2.80. The van der Waals surface area contributed by atoms with Crippen molar-refractivity contribution in [1.82, 2.24) is 41.2 Å². The highest BCUT2D eigenvalue weighted by Crippen LogP contribution is 2.37. The average Bonchev–Trinajstić information content (AvgIpc) is 3.98. The third-order valence-electron chi connectivity index (χ3n) is 7.89. The van der Waals surface area contributed by atoms with Crippen molar-refractivity contribution >= 4 is 79.7 Å². The molecule has 4 N–H and O–H groups in total. The number of aromatic nitrogens is 8. The minimum atomic E-state index is -4.50. The zero-order valence-electron chi connectivity index (χ0n) is 27.7.